The number of rotatable bonds is 17. The van der Waals surface area contributed by atoms with E-state index in [0.717, 1.165) is 25.7 Å². The highest BCUT2D eigenvalue weighted by Crippen LogP contribution is 2.45. The first-order chi connectivity index (χ1) is 20.2. The highest BCUT2D eigenvalue weighted by atomic mass is 28.4. The first-order valence-corrected chi connectivity index (χ1v) is 19.1. The molecule has 0 aliphatic rings. The van der Waals surface area contributed by atoms with Crippen molar-refractivity contribution >= 4 is 25.2 Å². The van der Waals surface area contributed by atoms with Gasteiger partial charge in [-0.05, 0) is 81.3 Å². The molecule has 2 rings (SSSR count). The second-order valence-corrected chi connectivity index (χ2v) is 19.5. The van der Waals surface area contributed by atoms with Crippen molar-refractivity contribution in [3.05, 3.63) is 54.0 Å². The van der Waals surface area contributed by atoms with E-state index in [2.05, 4.69) is 52.3 Å². The average molecular weight is 630 g/mol. The van der Waals surface area contributed by atoms with Crippen molar-refractivity contribution in [2.24, 2.45) is 17.3 Å². The molecule has 0 amide bonds. The first-order valence-electron chi connectivity index (χ1n) is 16.2. The lowest BCUT2D eigenvalue weighted by Crippen LogP contribution is -2.52. The summed E-state index contributed by atoms with van der Waals surface area (Å²) in [6.07, 6.45) is 5.43. The second-order valence-electron chi connectivity index (χ2n) is 14.8. The van der Waals surface area contributed by atoms with E-state index in [1.54, 1.807) is 45.0 Å². The summed E-state index contributed by atoms with van der Waals surface area (Å²) in [4.78, 5) is 18.6. The van der Waals surface area contributed by atoms with E-state index < -0.39 is 37.6 Å². The SMILES string of the molecule is C=CC[C@@H](C(=O)C(C)(C)[C@@H](O)CC(O)(O[Si](C)(C)C(C)(C)C)c1ccc2oc(C)nc2c1)[C@@H](O)[C@@H](C)CCCC(C)=CCC. The van der Waals surface area contributed by atoms with Crippen molar-refractivity contribution in [3.8, 4) is 0 Å². The molecule has 8 heteroatoms. The largest absolute Gasteiger partial charge is 0.441 e. The van der Waals surface area contributed by atoms with Gasteiger partial charge in [-0.25, -0.2) is 4.98 Å². The Kier molecular flexibility index (Phi) is 13.0. The van der Waals surface area contributed by atoms with Gasteiger partial charge in [-0.2, -0.15) is 0 Å². The van der Waals surface area contributed by atoms with Gasteiger partial charge < -0.3 is 24.2 Å². The molecule has 2 aromatic rings. The van der Waals surface area contributed by atoms with Gasteiger partial charge in [-0.15, -0.1) is 6.58 Å². The number of carbonyl (C=O) groups excluding carboxylic acids is 1. The minimum absolute atomic E-state index is 0.109. The van der Waals surface area contributed by atoms with Gasteiger partial charge in [-0.3, -0.25) is 4.79 Å². The number of nitrogens with zero attached hydrogens (tertiary/aromatic N) is 1. The van der Waals surface area contributed by atoms with Crippen molar-refractivity contribution < 1.29 is 29.0 Å². The number of allylic oxidation sites excluding steroid dienone is 3. The third kappa shape index (κ3) is 9.22. The summed E-state index contributed by atoms with van der Waals surface area (Å²) in [7, 11) is -2.58. The molecule has 0 spiro atoms. The Bertz CT molecular complexity index is 1290. The first kappa shape index (κ1) is 38.1. The summed E-state index contributed by atoms with van der Waals surface area (Å²) in [5, 5.41) is 35.2. The fourth-order valence-corrected chi connectivity index (χ4v) is 6.89. The molecular weight excluding hydrogens is 570 g/mol. The van der Waals surface area contributed by atoms with Crippen LogP contribution < -0.4 is 0 Å². The number of Topliss-reactive ketones (excluding diaryl/α,β-unsaturated/α-hetero) is 1. The van der Waals surface area contributed by atoms with Crippen LogP contribution in [0.4, 0.5) is 0 Å². The molecular formula is C36H59NO6Si. The van der Waals surface area contributed by atoms with Gasteiger partial charge in [0.15, 0.2) is 25.6 Å². The lowest BCUT2D eigenvalue weighted by Gasteiger charge is -2.45. The number of fused-ring (bicyclic) bond motifs is 1. The smallest absolute Gasteiger partial charge is 0.196 e. The molecule has 0 aliphatic heterocycles. The minimum Gasteiger partial charge on any atom is -0.441 e. The molecule has 44 heavy (non-hydrogen) atoms. The van der Waals surface area contributed by atoms with E-state index in [0.29, 0.717) is 29.0 Å². The van der Waals surface area contributed by atoms with Crippen molar-refractivity contribution in [3.63, 3.8) is 0 Å². The number of aliphatic hydroxyl groups excluding tert-OH is 2. The topological polar surface area (TPSA) is 113 Å². The number of hydrogen-bond donors (Lipinski definition) is 3. The van der Waals surface area contributed by atoms with E-state index in [1.165, 1.54) is 5.57 Å². The molecule has 1 heterocycles. The number of aryl methyl sites for hydroxylation is 1. The predicted octanol–water partition coefficient (Wildman–Crippen LogP) is 8.37. The normalized spacial score (nSPS) is 17.6. The van der Waals surface area contributed by atoms with Crippen LogP contribution in [0, 0.1) is 24.2 Å². The van der Waals surface area contributed by atoms with Crippen LogP contribution in [-0.2, 0) is 15.0 Å². The fourth-order valence-electron chi connectivity index (χ4n) is 5.54. The van der Waals surface area contributed by atoms with Gasteiger partial charge in [-0.1, -0.05) is 66.2 Å². The van der Waals surface area contributed by atoms with Crippen molar-refractivity contribution in [2.45, 2.75) is 137 Å². The molecule has 0 radical (unpaired) electrons. The Hall–Kier alpha value is -2.10. The number of ketones is 1. The molecule has 248 valence electrons. The van der Waals surface area contributed by atoms with Gasteiger partial charge in [0.25, 0.3) is 0 Å². The number of oxazole rings is 1. The molecule has 0 saturated heterocycles. The minimum atomic E-state index is -2.58. The number of aliphatic hydroxyl groups is 3. The molecule has 5 atom stereocenters. The van der Waals surface area contributed by atoms with Gasteiger partial charge in [0.05, 0.1) is 12.2 Å². The van der Waals surface area contributed by atoms with Gasteiger partial charge in [0.2, 0.25) is 0 Å². The number of aromatic nitrogens is 1. The quantitative estimate of drug-likeness (QED) is 0.0915. The maximum absolute atomic E-state index is 14.1. The Morgan fingerprint density at radius 1 is 1.18 bits per heavy atom. The van der Waals surface area contributed by atoms with Crippen LogP contribution in [-0.4, -0.2) is 46.6 Å². The highest BCUT2D eigenvalue weighted by Gasteiger charge is 2.50. The zero-order valence-corrected chi connectivity index (χ0v) is 30.2. The molecule has 1 aromatic heterocycles. The monoisotopic (exact) mass is 629 g/mol. The molecule has 0 fully saturated rings. The van der Waals surface area contributed by atoms with Crippen LogP contribution in [0.5, 0.6) is 0 Å². The molecule has 0 saturated carbocycles. The van der Waals surface area contributed by atoms with Crippen LogP contribution in [0.15, 0.2) is 46.9 Å². The van der Waals surface area contributed by atoms with Crippen molar-refractivity contribution in [2.75, 3.05) is 0 Å². The number of benzene rings is 1. The summed E-state index contributed by atoms with van der Waals surface area (Å²) in [6, 6.07) is 5.19. The van der Waals surface area contributed by atoms with Crippen LogP contribution in [0.2, 0.25) is 18.1 Å². The number of hydrogen-bond acceptors (Lipinski definition) is 7. The van der Waals surface area contributed by atoms with Crippen molar-refractivity contribution in [1.29, 1.82) is 0 Å². The zero-order valence-electron chi connectivity index (χ0n) is 29.2. The third-order valence-corrected chi connectivity index (χ3v) is 14.1. The summed E-state index contributed by atoms with van der Waals surface area (Å²) < 4.78 is 12.3. The molecule has 3 N–H and O–H groups in total. The van der Waals surface area contributed by atoms with Gasteiger partial charge in [0, 0.05) is 30.2 Å². The van der Waals surface area contributed by atoms with Crippen LogP contribution >= 0.6 is 0 Å². The molecule has 1 aromatic carbocycles. The Morgan fingerprint density at radius 3 is 2.39 bits per heavy atom. The maximum atomic E-state index is 14.1. The predicted molar refractivity (Wildman–Crippen MR) is 182 cm³/mol. The van der Waals surface area contributed by atoms with E-state index in [9.17, 15) is 20.1 Å². The molecule has 1 unspecified atom stereocenters. The summed E-state index contributed by atoms with van der Waals surface area (Å²) in [5.74, 6) is -2.49. The van der Waals surface area contributed by atoms with E-state index in [-0.39, 0.29) is 23.2 Å². The summed E-state index contributed by atoms with van der Waals surface area (Å²) >= 11 is 0. The lowest BCUT2D eigenvalue weighted by molar-refractivity contribution is -0.189. The zero-order chi connectivity index (χ0) is 33.7. The van der Waals surface area contributed by atoms with Crippen LogP contribution in [0.1, 0.15) is 105 Å². The number of carbonyl (C=O) groups is 1. The second kappa shape index (κ2) is 15.0. The molecule has 0 bridgehead atoms. The maximum Gasteiger partial charge on any atom is 0.196 e. The van der Waals surface area contributed by atoms with Crippen molar-refractivity contribution in [1.82, 2.24) is 4.98 Å². The standard InChI is InChI=1S/C36H59NO6Si/c1-13-16-24(3)18-15-19-25(4)32(39)28(17-14-2)33(40)35(9,10)31(38)23-36(41,43-44(11,12)34(6,7)8)27-20-21-30-29(22-27)37-26(5)42-30/h14,16,20-22,25,28,31-32,38-39,41H,2,13,15,17-19,23H2,1,3-12H3/t25-,28+,31-,32-,36?/m0/s1. The average Bonchev–Trinajstić information content (AvgIpc) is 3.29. The van der Waals surface area contributed by atoms with Crippen LogP contribution in [0.3, 0.4) is 0 Å². The van der Waals surface area contributed by atoms with Gasteiger partial charge in [0.1, 0.15) is 11.3 Å². The summed E-state index contributed by atoms with van der Waals surface area (Å²) in [6.45, 7) is 25.5. The third-order valence-electron chi connectivity index (χ3n) is 9.65. The Labute approximate surface area is 266 Å². The van der Waals surface area contributed by atoms with Crippen LogP contribution in [0.25, 0.3) is 11.1 Å². The molecule has 0 aliphatic carbocycles. The lowest BCUT2D eigenvalue weighted by atomic mass is 9.70. The highest BCUT2D eigenvalue weighted by molar-refractivity contribution is 6.74. The molecule has 7 nitrogen and oxygen atoms in total. The van der Waals surface area contributed by atoms with E-state index in [1.807, 2.05) is 20.0 Å². The summed E-state index contributed by atoms with van der Waals surface area (Å²) in [5.41, 5.74) is 1.64. The fraction of sp³-hybridized carbons (Fsp3) is 0.667. The van der Waals surface area contributed by atoms with E-state index >= 15 is 0 Å². The van der Waals surface area contributed by atoms with E-state index in [4.69, 9.17) is 8.84 Å². The Morgan fingerprint density at radius 2 is 1.82 bits per heavy atom. The van der Waals surface area contributed by atoms with Gasteiger partial charge >= 0.3 is 0 Å². The Balaban J connectivity index is 2.40.